The van der Waals surface area contributed by atoms with Crippen LogP contribution in [0.25, 0.3) is 0 Å². The normalized spacial score (nSPS) is 29.5. The summed E-state index contributed by atoms with van der Waals surface area (Å²) in [5.41, 5.74) is 0.143. The average Bonchev–Trinajstić information content (AvgIpc) is 2.32. The van der Waals surface area contributed by atoms with Gasteiger partial charge in [-0.05, 0) is 25.0 Å². The summed E-state index contributed by atoms with van der Waals surface area (Å²) >= 11 is 9.32. The van der Waals surface area contributed by atoms with Crippen molar-refractivity contribution in [2.75, 3.05) is 0 Å². The fraction of sp³-hybridized carbons (Fsp3) is 0.385. The molecule has 2 rings (SSSR count). The quantitative estimate of drug-likeness (QED) is 0.588. The lowest BCUT2D eigenvalue weighted by atomic mass is 9.69. The third-order valence-corrected chi connectivity index (χ3v) is 4.65. The Morgan fingerprint density at radius 2 is 2.00 bits per heavy atom. The number of carbonyl (C=O) groups excluding carboxylic acids is 2. The van der Waals surface area contributed by atoms with E-state index >= 15 is 0 Å². The van der Waals surface area contributed by atoms with Crippen LogP contribution in [0.3, 0.4) is 0 Å². The summed E-state index contributed by atoms with van der Waals surface area (Å²) in [6, 6.07) is 7.32. The fourth-order valence-electron chi connectivity index (χ4n) is 2.23. The van der Waals surface area contributed by atoms with E-state index in [0.29, 0.717) is 17.9 Å². The molecule has 17 heavy (non-hydrogen) atoms. The largest absolute Gasteiger partial charge is 0.298 e. The maximum atomic E-state index is 12.3. The zero-order valence-electron chi connectivity index (χ0n) is 9.37. The van der Waals surface area contributed by atoms with Gasteiger partial charge in [0.05, 0.1) is 5.41 Å². The smallest absolute Gasteiger partial charge is 0.164 e. The van der Waals surface area contributed by atoms with E-state index in [2.05, 4.69) is 15.9 Å². The monoisotopic (exact) mass is 314 g/mol. The van der Waals surface area contributed by atoms with Crippen molar-refractivity contribution in [1.29, 1.82) is 0 Å². The van der Waals surface area contributed by atoms with Crippen molar-refractivity contribution in [3.05, 3.63) is 34.9 Å². The number of alkyl halides is 1. The predicted octanol–water partition coefficient (Wildman–Crippen LogP) is 3.29. The van der Waals surface area contributed by atoms with Gasteiger partial charge in [-0.15, -0.1) is 0 Å². The minimum Gasteiger partial charge on any atom is -0.298 e. The highest BCUT2D eigenvalue weighted by Gasteiger charge is 2.45. The lowest BCUT2D eigenvalue weighted by Crippen LogP contribution is -2.46. The van der Waals surface area contributed by atoms with Crippen molar-refractivity contribution in [2.24, 2.45) is 0 Å². The topological polar surface area (TPSA) is 34.1 Å². The third kappa shape index (κ3) is 2.06. The van der Waals surface area contributed by atoms with Gasteiger partial charge in [-0.3, -0.25) is 9.59 Å². The first-order chi connectivity index (χ1) is 7.97. The Labute approximate surface area is 113 Å². The van der Waals surface area contributed by atoms with Gasteiger partial charge in [0.15, 0.2) is 11.6 Å². The number of benzene rings is 1. The molecule has 1 saturated carbocycles. The number of Topliss-reactive ketones (excluding diaryl/α,β-unsaturated/α-hetero) is 2. The molecule has 90 valence electrons. The zero-order valence-corrected chi connectivity index (χ0v) is 11.7. The summed E-state index contributed by atoms with van der Waals surface area (Å²) in [6.45, 7) is 1.86. The number of rotatable bonds is 1. The van der Waals surface area contributed by atoms with Crippen LogP contribution in [0.1, 0.15) is 25.3 Å². The van der Waals surface area contributed by atoms with Gasteiger partial charge in [0, 0.05) is 11.4 Å². The molecule has 2 nitrogen and oxygen atoms in total. The van der Waals surface area contributed by atoms with Crippen LogP contribution < -0.4 is 0 Å². The molecule has 1 aromatic carbocycles. The zero-order chi connectivity index (χ0) is 12.6. The molecular weight excluding hydrogens is 303 g/mol. The number of ketones is 2. The van der Waals surface area contributed by atoms with Crippen molar-refractivity contribution in [2.45, 2.75) is 30.0 Å². The Kier molecular flexibility index (Phi) is 3.41. The molecule has 0 aromatic heterocycles. The highest BCUT2D eigenvalue weighted by molar-refractivity contribution is 9.10. The maximum absolute atomic E-state index is 12.3. The molecule has 0 N–H and O–H groups in total. The van der Waals surface area contributed by atoms with E-state index in [1.807, 2.05) is 25.1 Å². The van der Waals surface area contributed by atoms with Gasteiger partial charge in [0.25, 0.3) is 0 Å². The highest BCUT2D eigenvalue weighted by atomic mass is 79.9. The molecule has 1 aliphatic rings. The van der Waals surface area contributed by atoms with Crippen LogP contribution in [0.4, 0.5) is 0 Å². The molecule has 2 atom stereocenters. The van der Waals surface area contributed by atoms with Crippen LogP contribution in [0, 0.1) is 0 Å². The fourth-order valence-corrected chi connectivity index (χ4v) is 3.30. The third-order valence-electron chi connectivity index (χ3n) is 3.40. The van der Waals surface area contributed by atoms with E-state index in [1.54, 1.807) is 6.07 Å². The van der Waals surface area contributed by atoms with Crippen molar-refractivity contribution >= 4 is 39.1 Å². The Morgan fingerprint density at radius 3 is 2.65 bits per heavy atom. The van der Waals surface area contributed by atoms with Crippen LogP contribution >= 0.6 is 27.5 Å². The minimum absolute atomic E-state index is 0.0421. The average molecular weight is 316 g/mol. The first-order valence-electron chi connectivity index (χ1n) is 5.43. The standard InChI is InChI=1S/C13H12BrClO2/c1-13(8-4-2-3-5-9(8)15)7-6-10(16)11(14)12(13)17/h2-5,11H,6-7H2,1H3. The summed E-state index contributed by atoms with van der Waals surface area (Å²) in [5, 5.41) is 0.581. The summed E-state index contributed by atoms with van der Waals surface area (Å²) in [6.07, 6.45) is 0.930. The number of hydrogen-bond donors (Lipinski definition) is 0. The lowest BCUT2D eigenvalue weighted by molar-refractivity contribution is -0.132. The van der Waals surface area contributed by atoms with Crippen molar-refractivity contribution < 1.29 is 9.59 Å². The molecule has 4 heteroatoms. The van der Waals surface area contributed by atoms with E-state index in [9.17, 15) is 9.59 Å². The molecule has 0 aliphatic heterocycles. The van der Waals surface area contributed by atoms with Crippen molar-refractivity contribution in [3.63, 3.8) is 0 Å². The highest BCUT2D eigenvalue weighted by Crippen LogP contribution is 2.40. The summed E-state index contributed by atoms with van der Waals surface area (Å²) in [4.78, 5) is 23.1. The molecule has 0 spiro atoms. The second-order valence-corrected chi connectivity index (χ2v) is 5.83. The number of carbonyl (C=O) groups is 2. The Hall–Kier alpha value is -0.670. The van der Waals surface area contributed by atoms with Crippen LogP contribution in [-0.2, 0) is 15.0 Å². The Morgan fingerprint density at radius 1 is 1.35 bits per heavy atom. The van der Waals surface area contributed by atoms with Gasteiger partial charge in [0.2, 0.25) is 0 Å². The van der Waals surface area contributed by atoms with Crippen LogP contribution in [0.5, 0.6) is 0 Å². The first kappa shape index (κ1) is 12.8. The Balaban J connectivity index is 2.47. The van der Waals surface area contributed by atoms with Gasteiger partial charge in [-0.25, -0.2) is 0 Å². The summed E-state index contributed by atoms with van der Waals surface area (Å²) < 4.78 is 0. The second kappa shape index (κ2) is 4.54. The summed E-state index contributed by atoms with van der Waals surface area (Å²) in [5.74, 6) is -0.138. The van der Waals surface area contributed by atoms with Gasteiger partial charge >= 0.3 is 0 Å². The van der Waals surface area contributed by atoms with E-state index in [0.717, 1.165) is 5.56 Å². The van der Waals surface area contributed by atoms with Gasteiger partial charge in [-0.1, -0.05) is 45.7 Å². The molecule has 0 amide bonds. The van der Waals surface area contributed by atoms with Gasteiger partial charge in [-0.2, -0.15) is 0 Å². The second-order valence-electron chi connectivity index (χ2n) is 4.51. The SMILES string of the molecule is CC1(c2ccccc2Cl)CCC(=O)C(Br)C1=O. The Bertz CT molecular complexity index is 486. The van der Waals surface area contributed by atoms with Crippen LogP contribution in [0.15, 0.2) is 24.3 Å². The van der Waals surface area contributed by atoms with Gasteiger partial charge in [0.1, 0.15) is 4.83 Å². The van der Waals surface area contributed by atoms with Crippen molar-refractivity contribution in [3.8, 4) is 0 Å². The van der Waals surface area contributed by atoms with Gasteiger partial charge < -0.3 is 0 Å². The van der Waals surface area contributed by atoms with Crippen molar-refractivity contribution in [1.82, 2.24) is 0 Å². The molecule has 2 unspecified atom stereocenters. The molecule has 0 heterocycles. The molecular formula is C13H12BrClO2. The lowest BCUT2D eigenvalue weighted by Gasteiger charge is -2.34. The van der Waals surface area contributed by atoms with E-state index < -0.39 is 10.2 Å². The minimum atomic E-state index is -0.697. The molecule has 1 aromatic rings. The molecule has 1 fully saturated rings. The van der Waals surface area contributed by atoms with E-state index in [4.69, 9.17) is 11.6 Å². The molecule has 0 bridgehead atoms. The molecule has 0 saturated heterocycles. The predicted molar refractivity (Wildman–Crippen MR) is 70.8 cm³/mol. The van der Waals surface area contributed by atoms with Crippen LogP contribution in [-0.4, -0.2) is 16.4 Å². The maximum Gasteiger partial charge on any atom is 0.164 e. The number of hydrogen-bond acceptors (Lipinski definition) is 2. The molecule has 0 radical (unpaired) electrons. The van der Waals surface area contributed by atoms with E-state index in [1.165, 1.54) is 0 Å². The summed E-state index contributed by atoms with van der Waals surface area (Å²) in [7, 11) is 0. The van der Waals surface area contributed by atoms with Crippen LogP contribution in [0.2, 0.25) is 5.02 Å². The molecule has 1 aliphatic carbocycles. The number of halogens is 2. The van der Waals surface area contributed by atoms with E-state index in [-0.39, 0.29) is 11.6 Å². The first-order valence-corrected chi connectivity index (χ1v) is 6.72.